The summed E-state index contributed by atoms with van der Waals surface area (Å²) in [5.41, 5.74) is 0.545. The topological polar surface area (TPSA) is 76.5 Å². The predicted molar refractivity (Wildman–Crippen MR) is 110 cm³/mol. The fourth-order valence-corrected chi connectivity index (χ4v) is 4.76. The molecule has 2 aromatic rings. The third kappa shape index (κ3) is 4.71. The molecule has 0 spiro atoms. The fourth-order valence-electron chi connectivity index (χ4n) is 3.09. The summed E-state index contributed by atoms with van der Waals surface area (Å²) < 4.78 is 7.70. The smallest absolute Gasteiger partial charge is 0.272 e. The molecule has 3 rings (SSSR count). The van der Waals surface area contributed by atoms with Gasteiger partial charge in [0, 0.05) is 31.7 Å². The van der Waals surface area contributed by atoms with Gasteiger partial charge in [0.05, 0.1) is 24.5 Å². The Kier molecular flexibility index (Phi) is 6.56. The number of amides is 1. The molecule has 1 N–H and O–H groups in total. The van der Waals surface area contributed by atoms with E-state index in [1.54, 1.807) is 4.57 Å². The Balaban J connectivity index is 1.59. The van der Waals surface area contributed by atoms with E-state index in [-0.39, 0.29) is 22.8 Å². The van der Waals surface area contributed by atoms with Gasteiger partial charge in [-0.3, -0.25) is 19.1 Å². The Morgan fingerprint density at radius 1 is 1.41 bits per heavy atom. The van der Waals surface area contributed by atoms with E-state index < -0.39 is 0 Å². The summed E-state index contributed by atoms with van der Waals surface area (Å²) in [6, 6.07) is 1.84. The Hall–Kier alpha value is -1.42. The molecule has 0 unspecified atom stereocenters. The van der Waals surface area contributed by atoms with Crippen molar-refractivity contribution in [2.45, 2.75) is 38.0 Å². The summed E-state index contributed by atoms with van der Waals surface area (Å²) in [7, 11) is 0. The Bertz CT molecular complexity index is 856. The van der Waals surface area contributed by atoms with Gasteiger partial charge in [0.25, 0.3) is 5.56 Å². The van der Waals surface area contributed by atoms with Gasteiger partial charge in [-0.15, -0.1) is 11.3 Å². The highest BCUT2D eigenvalue weighted by atomic mass is 32.2. The Morgan fingerprint density at radius 2 is 2.15 bits per heavy atom. The summed E-state index contributed by atoms with van der Waals surface area (Å²) in [4.78, 5) is 31.8. The number of thiophene rings is 1. The number of fused-ring (bicyclic) bond motifs is 1. The van der Waals surface area contributed by atoms with Gasteiger partial charge in [-0.1, -0.05) is 11.8 Å². The van der Waals surface area contributed by atoms with Crippen LogP contribution in [0.1, 0.15) is 20.8 Å². The largest absolute Gasteiger partial charge is 0.379 e. The third-order valence-corrected chi connectivity index (χ3v) is 6.63. The minimum absolute atomic E-state index is 0.0335. The van der Waals surface area contributed by atoms with E-state index >= 15 is 0 Å². The molecule has 0 saturated carbocycles. The highest BCUT2D eigenvalue weighted by molar-refractivity contribution is 7.99. The Morgan fingerprint density at radius 3 is 2.85 bits per heavy atom. The van der Waals surface area contributed by atoms with Gasteiger partial charge in [0.1, 0.15) is 4.70 Å². The average molecular weight is 411 g/mol. The van der Waals surface area contributed by atoms with Crippen molar-refractivity contribution in [2.75, 3.05) is 38.6 Å². The number of aromatic nitrogens is 2. The third-order valence-electron chi connectivity index (χ3n) is 4.76. The standard InChI is InChI=1S/C18H26N4O3S2/c1-4-22-16(24)15-13(5-10-26-15)20-17(22)27-11-14(23)19-12-18(2,3)21-6-8-25-9-7-21/h5,10H,4,6-9,11-12H2,1-3H3,(H,19,23). The predicted octanol–water partition coefficient (Wildman–Crippen LogP) is 1.80. The highest BCUT2D eigenvalue weighted by Crippen LogP contribution is 2.21. The number of carbonyl (C=O) groups is 1. The molecular formula is C18H26N4O3S2. The lowest BCUT2D eigenvalue weighted by Crippen LogP contribution is -2.55. The molecule has 0 radical (unpaired) electrons. The Labute approximate surface area is 167 Å². The fraction of sp³-hybridized carbons (Fsp3) is 0.611. The summed E-state index contributed by atoms with van der Waals surface area (Å²) in [5, 5.41) is 5.48. The van der Waals surface area contributed by atoms with Gasteiger partial charge in [-0.2, -0.15) is 0 Å². The van der Waals surface area contributed by atoms with Crippen LogP contribution in [0.3, 0.4) is 0 Å². The first-order chi connectivity index (χ1) is 12.9. The van der Waals surface area contributed by atoms with Crippen LogP contribution in [0.2, 0.25) is 0 Å². The SMILES string of the molecule is CCn1c(SCC(=O)NCC(C)(C)N2CCOCC2)nc2ccsc2c1=O. The van der Waals surface area contributed by atoms with E-state index in [4.69, 9.17) is 4.74 Å². The zero-order valence-corrected chi connectivity index (χ0v) is 17.6. The van der Waals surface area contributed by atoms with Crippen LogP contribution in [-0.4, -0.2) is 64.5 Å². The summed E-state index contributed by atoms with van der Waals surface area (Å²) in [6.45, 7) is 10.5. The molecule has 1 amide bonds. The maximum Gasteiger partial charge on any atom is 0.272 e. The molecule has 1 aliphatic heterocycles. The number of morpholine rings is 1. The molecule has 1 saturated heterocycles. The van der Waals surface area contributed by atoms with Gasteiger partial charge in [-0.05, 0) is 32.2 Å². The number of hydrogen-bond donors (Lipinski definition) is 1. The number of thioether (sulfide) groups is 1. The summed E-state index contributed by atoms with van der Waals surface area (Å²) in [6.07, 6.45) is 0. The molecule has 3 heterocycles. The summed E-state index contributed by atoms with van der Waals surface area (Å²) in [5.74, 6) is 0.185. The van der Waals surface area contributed by atoms with E-state index in [9.17, 15) is 9.59 Å². The zero-order chi connectivity index (χ0) is 19.4. The van der Waals surface area contributed by atoms with Crippen molar-refractivity contribution in [3.8, 4) is 0 Å². The number of hydrogen-bond acceptors (Lipinski definition) is 7. The van der Waals surface area contributed by atoms with Crippen molar-refractivity contribution in [3.05, 3.63) is 21.8 Å². The van der Waals surface area contributed by atoms with Gasteiger partial charge in [0.2, 0.25) is 5.91 Å². The molecule has 27 heavy (non-hydrogen) atoms. The lowest BCUT2D eigenvalue weighted by Gasteiger charge is -2.40. The van der Waals surface area contributed by atoms with Crippen molar-refractivity contribution in [2.24, 2.45) is 0 Å². The number of nitrogens with one attached hydrogen (secondary N) is 1. The molecule has 1 fully saturated rings. The van der Waals surface area contributed by atoms with Crippen molar-refractivity contribution < 1.29 is 9.53 Å². The van der Waals surface area contributed by atoms with Crippen molar-refractivity contribution in [1.29, 1.82) is 0 Å². The molecule has 0 aromatic carbocycles. The van der Waals surface area contributed by atoms with E-state index in [1.165, 1.54) is 23.1 Å². The van der Waals surface area contributed by atoms with Crippen LogP contribution >= 0.6 is 23.1 Å². The van der Waals surface area contributed by atoms with Crippen molar-refractivity contribution >= 4 is 39.2 Å². The van der Waals surface area contributed by atoms with Crippen LogP contribution in [0.15, 0.2) is 21.4 Å². The monoisotopic (exact) mass is 410 g/mol. The van der Waals surface area contributed by atoms with E-state index in [0.717, 1.165) is 26.3 Å². The van der Waals surface area contributed by atoms with Crippen LogP contribution < -0.4 is 10.9 Å². The molecule has 0 atom stereocenters. The molecule has 1 aliphatic rings. The minimum Gasteiger partial charge on any atom is -0.379 e. The molecule has 0 bridgehead atoms. The lowest BCUT2D eigenvalue weighted by molar-refractivity contribution is -0.119. The van der Waals surface area contributed by atoms with Crippen LogP contribution in [0.25, 0.3) is 10.2 Å². The van der Waals surface area contributed by atoms with Crippen LogP contribution in [0, 0.1) is 0 Å². The molecule has 0 aliphatic carbocycles. The lowest BCUT2D eigenvalue weighted by atomic mass is 10.0. The maximum atomic E-state index is 12.5. The molecule has 148 valence electrons. The second-order valence-electron chi connectivity index (χ2n) is 7.06. The number of ether oxygens (including phenoxy) is 1. The van der Waals surface area contributed by atoms with E-state index in [1.807, 2.05) is 18.4 Å². The van der Waals surface area contributed by atoms with Crippen molar-refractivity contribution in [1.82, 2.24) is 19.8 Å². The number of nitrogens with zero attached hydrogens (tertiary/aromatic N) is 3. The maximum absolute atomic E-state index is 12.5. The quantitative estimate of drug-likeness (QED) is 0.554. The van der Waals surface area contributed by atoms with Crippen LogP contribution in [0.5, 0.6) is 0 Å². The number of rotatable bonds is 7. The van der Waals surface area contributed by atoms with E-state index in [2.05, 4.69) is 29.0 Å². The van der Waals surface area contributed by atoms with Gasteiger partial charge < -0.3 is 10.1 Å². The molecular weight excluding hydrogens is 384 g/mol. The second-order valence-corrected chi connectivity index (χ2v) is 8.91. The average Bonchev–Trinajstić information content (AvgIpc) is 3.14. The van der Waals surface area contributed by atoms with Crippen LogP contribution in [0.4, 0.5) is 0 Å². The molecule has 7 nitrogen and oxygen atoms in total. The summed E-state index contributed by atoms with van der Waals surface area (Å²) >= 11 is 2.71. The van der Waals surface area contributed by atoms with Gasteiger partial charge in [-0.25, -0.2) is 4.98 Å². The minimum atomic E-state index is -0.122. The number of carbonyl (C=O) groups excluding carboxylic acids is 1. The first-order valence-corrected chi connectivity index (χ1v) is 11.0. The first-order valence-electron chi connectivity index (χ1n) is 9.12. The molecule has 2 aromatic heterocycles. The van der Waals surface area contributed by atoms with Crippen LogP contribution in [-0.2, 0) is 16.1 Å². The normalized spacial score (nSPS) is 16.0. The highest BCUT2D eigenvalue weighted by Gasteiger charge is 2.28. The second kappa shape index (κ2) is 8.72. The molecule has 9 heteroatoms. The van der Waals surface area contributed by atoms with Gasteiger partial charge >= 0.3 is 0 Å². The van der Waals surface area contributed by atoms with E-state index in [0.29, 0.717) is 28.5 Å². The van der Waals surface area contributed by atoms with Gasteiger partial charge in [0.15, 0.2) is 5.16 Å². The van der Waals surface area contributed by atoms with Crippen molar-refractivity contribution in [3.63, 3.8) is 0 Å². The first kappa shape index (κ1) is 20.3. The zero-order valence-electron chi connectivity index (χ0n) is 16.0.